The minimum Gasteiger partial charge on any atom is -0.497 e. The molecule has 3 aromatic carbocycles. The minimum atomic E-state index is -1.22. The van der Waals surface area contributed by atoms with Crippen molar-refractivity contribution in [3.63, 3.8) is 0 Å². The topological polar surface area (TPSA) is 54.0 Å². The molecular weight excluding hydrogens is 528 g/mol. The van der Waals surface area contributed by atoms with Crippen LogP contribution in [0.25, 0.3) is 0 Å². The first-order valence-electron chi connectivity index (χ1n) is 11.6. The average molecular weight is 560 g/mol. The van der Waals surface area contributed by atoms with E-state index in [1.54, 1.807) is 7.11 Å². The number of ether oxygens (including phenoxy) is 4. The lowest BCUT2D eigenvalue weighted by molar-refractivity contribution is -0.284. The molecule has 1 aliphatic rings. The smallest absolute Gasteiger partial charge is 0.185 e. The molecule has 1 saturated heterocycles. The van der Waals surface area contributed by atoms with Crippen molar-refractivity contribution < 1.29 is 23.2 Å². The van der Waals surface area contributed by atoms with E-state index < -0.39 is 22.7 Å². The standard InChI is InChI=1S/C28H31BrO5S/c1-20-9-15-24(16-10-20)35(30)18-25-26(29)28(2,34-27(33-25)22-7-5-4-6-8-22)19-32-17-21-11-13-23(31-3)14-12-21/h4-16,25-27H,17-19H2,1-3H3/t25-,26+,27-,28+,35?/m1/s1. The largest absolute Gasteiger partial charge is 0.497 e. The fourth-order valence-electron chi connectivity index (χ4n) is 3.98. The number of hydrogen-bond acceptors (Lipinski definition) is 5. The van der Waals surface area contributed by atoms with Crippen LogP contribution in [0.4, 0.5) is 0 Å². The van der Waals surface area contributed by atoms with Crippen LogP contribution in [0, 0.1) is 6.92 Å². The molecule has 0 spiro atoms. The van der Waals surface area contributed by atoms with E-state index in [2.05, 4.69) is 15.9 Å². The summed E-state index contributed by atoms with van der Waals surface area (Å²) >= 11 is 3.81. The molecule has 0 amide bonds. The molecule has 1 fully saturated rings. The van der Waals surface area contributed by atoms with Gasteiger partial charge in [0.1, 0.15) is 11.4 Å². The Morgan fingerprint density at radius 2 is 1.69 bits per heavy atom. The van der Waals surface area contributed by atoms with Gasteiger partial charge in [-0.1, -0.05) is 76.1 Å². The van der Waals surface area contributed by atoms with Crippen molar-refractivity contribution in [2.75, 3.05) is 19.5 Å². The van der Waals surface area contributed by atoms with Crippen molar-refractivity contribution >= 4 is 26.7 Å². The van der Waals surface area contributed by atoms with E-state index in [1.165, 1.54) is 0 Å². The number of aryl methyl sites for hydroxylation is 1. The lowest BCUT2D eigenvalue weighted by atomic mass is 9.97. The number of halogens is 1. The molecule has 5 atom stereocenters. The van der Waals surface area contributed by atoms with Crippen molar-refractivity contribution in [3.8, 4) is 5.75 Å². The monoisotopic (exact) mass is 558 g/mol. The van der Waals surface area contributed by atoms with Crippen LogP contribution < -0.4 is 4.74 Å². The van der Waals surface area contributed by atoms with Crippen molar-refractivity contribution in [1.29, 1.82) is 0 Å². The summed E-state index contributed by atoms with van der Waals surface area (Å²) in [6.45, 7) is 4.82. The highest BCUT2D eigenvalue weighted by Gasteiger charge is 2.48. The fraction of sp³-hybridized carbons (Fsp3) is 0.357. The molecule has 0 aromatic heterocycles. The molecule has 4 rings (SSSR count). The quantitative estimate of drug-likeness (QED) is 0.303. The summed E-state index contributed by atoms with van der Waals surface area (Å²) in [5, 5.41) is 0. The van der Waals surface area contributed by atoms with Crippen LogP contribution in [0.2, 0.25) is 0 Å². The van der Waals surface area contributed by atoms with Gasteiger partial charge >= 0.3 is 0 Å². The van der Waals surface area contributed by atoms with Gasteiger partial charge < -0.3 is 18.9 Å². The molecule has 0 saturated carbocycles. The Labute approximate surface area is 218 Å². The summed E-state index contributed by atoms with van der Waals surface area (Å²) in [4.78, 5) is 0.569. The maximum atomic E-state index is 13.2. The number of rotatable bonds is 9. The zero-order valence-electron chi connectivity index (χ0n) is 20.2. The van der Waals surface area contributed by atoms with Crippen molar-refractivity contribution in [1.82, 2.24) is 0 Å². The van der Waals surface area contributed by atoms with Gasteiger partial charge in [-0.25, -0.2) is 0 Å². The Bertz CT molecular complexity index is 1110. The molecule has 0 bridgehead atoms. The van der Waals surface area contributed by atoms with Gasteiger partial charge in [-0.2, -0.15) is 0 Å². The van der Waals surface area contributed by atoms with E-state index in [9.17, 15) is 4.21 Å². The summed E-state index contributed by atoms with van der Waals surface area (Å²) < 4.78 is 37.4. The van der Waals surface area contributed by atoms with Crippen LogP contribution in [0.5, 0.6) is 5.75 Å². The predicted molar refractivity (Wildman–Crippen MR) is 141 cm³/mol. The summed E-state index contributed by atoms with van der Waals surface area (Å²) in [6, 6.07) is 25.4. The van der Waals surface area contributed by atoms with Gasteiger partial charge in [-0.15, -0.1) is 0 Å². The van der Waals surface area contributed by atoms with Crippen LogP contribution in [0.15, 0.2) is 83.8 Å². The summed E-state index contributed by atoms with van der Waals surface area (Å²) in [5.74, 6) is 1.16. The summed E-state index contributed by atoms with van der Waals surface area (Å²) in [6.07, 6.45) is -0.926. The zero-order chi connectivity index (χ0) is 24.8. The zero-order valence-corrected chi connectivity index (χ0v) is 22.6. The van der Waals surface area contributed by atoms with E-state index in [4.69, 9.17) is 18.9 Å². The third-order valence-corrected chi connectivity index (χ3v) is 9.06. The van der Waals surface area contributed by atoms with Crippen LogP contribution in [0.3, 0.4) is 0 Å². The molecule has 0 aliphatic carbocycles. The van der Waals surface area contributed by atoms with Crippen LogP contribution in [0.1, 0.15) is 29.9 Å². The normalized spacial score (nSPS) is 25.2. The molecule has 7 heteroatoms. The van der Waals surface area contributed by atoms with E-state index in [0.29, 0.717) is 19.0 Å². The molecule has 1 aliphatic heterocycles. The lowest BCUT2D eigenvalue weighted by Crippen LogP contribution is -2.56. The number of methoxy groups -OCH3 is 1. The average Bonchev–Trinajstić information content (AvgIpc) is 2.88. The second-order valence-corrected chi connectivity index (χ2v) is 11.4. The van der Waals surface area contributed by atoms with Gasteiger partial charge in [0.05, 0.1) is 47.8 Å². The first kappa shape index (κ1) is 26.0. The minimum absolute atomic E-state index is 0.222. The molecule has 35 heavy (non-hydrogen) atoms. The molecule has 1 heterocycles. The Morgan fingerprint density at radius 3 is 2.34 bits per heavy atom. The first-order valence-corrected chi connectivity index (χ1v) is 13.8. The highest BCUT2D eigenvalue weighted by Crippen LogP contribution is 2.40. The Kier molecular flexibility index (Phi) is 8.78. The van der Waals surface area contributed by atoms with Gasteiger partial charge in [0.25, 0.3) is 0 Å². The molecular formula is C28H31BrO5S. The third kappa shape index (κ3) is 6.60. The van der Waals surface area contributed by atoms with Gasteiger partial charge in [-0.05, 0) is 43.7 Å². The maximum Gasteiger partial charge on any atom is 0.185 e. The second-order valence-electron chi connectivity index (χ2n) is 8.92. The second kappa shape index (κ2) is 11.8. The number of benzene rings is 3. The lowest BCUT2D eigenvalue weighted by Gasteiger charge is -2.46. The molecule has 3 aromatic rings. The Hall–Kier alpha value is -2.03. The Morgan fingerprint density at radius 1 is 1.00 bits per heavy atom. The Balaban J connectivity index is 1.49. The van der Waals surface area contributed by atoms with Crippen LogP contribution >= 0.6 is 15.9 Å². The van der Waals surface area contributed by atoms with Crippen LogP contribution in [-0.2, 0) is 31.6 Å². The van der Waals surface area contributed by atoms with E-state index >= 15 is 0 Å². The van der Waals surface area contributed by atoms with Gasteiger partial charge in [0.15, 0.2) is 6.29 Å². The molecule has 0 radical (unpaired) electrons. The van der Waals surface area contributed by atoms with Crippen LogP contribution in [-0.4, -0.2) is 40.2 Å². The van der Waals surface area contributed by atoms with Crippen molar-refractivity contribution in [2.45, 2.75) is 48.2 Å². The summed E-state index contributed by atoms with van der Waals surface area (Å²) in [7, 11) is 0.433. The fourth-order valence-corrected chi connectivity index (χ4v) is 5.98. The van der Waals surface area contributed by atoms with E-state index in [1.807, 2.05) is 92.7 Å². The number of hydrogen-bond donors (Lipinski definition) is 0. The maximum absolute atomic E-state index is 13.2. The number of alkyl halides is 1. The predicted octanol–water partition coefficient (Wildman–Crippen LogP) is 5.96. The van der Waals surface area contributed by atoms with Crippen molar-refractivity contribution in [2.24, 2.45) is 0 Å². The SMILES string of the molecule is COc1ccc(COC[C@]2(C)O[C@H](c3ccccc3)O[C@H](CS(=O)c3ccc(C)cc3)[C@@H]2Br)cc1. The van der Waals surface area contributed by atoms with Gasteiger partial charge in [0, 0.05) is 10.5 Å². The van der Waals surface area contributed by atoms with Gasteiger partial charge in [-0.3, -0.25) is 4.21 Å². The molecule has 0 N–H and O–H groups in total. The van der Waals surface area contributed by atoms with E-state index in [0.717, 1.165) is 27.3 Å². The third-order valence-electron chi connectivity index (χ3n) is 6.07. The molecule has 1 unspecified atom stereocenters. The highest BCUT2D eigenvalue weighted by atomic mass is 79.9. The van der Waals surface area contributed by atoms with Gasteiger partial charge in [0.2, 0.25) is 0 Å². The van der Waals surface area contributed by atoms with E-state index in [-0.39, 0.29) is 10.9 Å². The molecule has 186 valence electrons. The van der Waals surface area contributed by atoms with Crippen molar-refractivity contribution in [3.05, 3.63) is 95.6 Å². The highest BCUT2D eigenvalue weighted by molar-refractivity contribution is 9.09. The first-order chi connectivity index (χ1) is 16.9. The molecule has 5 nitrogen and oxygen atoms in total. The summed E-state index contributed by atoms with van der Waals surface area (Å²) in [5.41, 5.74) is 2.40.